The van der Waals surface area contributed by atoms with Crippen LogP contribution in [0.1, 0.15) is 30.1 Å². The molecule has 11 nitrogen and oxygen atoms in total. The highest BCUT2D eigenvalue weighted by molar-refractivity contribution is 7.89. The molecule has 1 aliphatic heterocycles. The van der Waals surface area contributed by atoms with Crippen molar-refractivity contribution in [3.63, 3.8) is 0 Å². The van der Waals surface area contributed by atoms with Crippen molar-refractivity contribution in [1.29, 1.82) is 0 Å². The number of aromatic nitrogens is 3. The lowest BCUT2D eigenvalue weighted by molar-refractivity contribution is -0.276. The molecule has 0 amide bonds. The van der Waals surface area contributed by atoms with E-state index in [0.29, 0.717) is 21.3 Å². The molecule has 0 bridgehead atoms. The van der Waals surface area contributed by atoms with E-state index in [9.17, 15) is 44.3 Å². The number of hydrogen-bond donors (Lipinski definition) is 2. The summed E-state index contributed by atoms with van der Waals surface area (Å²) in [6.45, 7) is -0.610. The van der Waals surface area contributed by atoms with Crippen molar-refractivity contribution >= 4 is 48.4 Å². The van der Waals surface area contributed by atoms with E-state index in [0.717, 1.165) is 70.9 Å². The molecule has 0 radical (unpaired) electrons. The molecular formula is C28H24ClF7N6O5S2. The van der Waals surface area contributed by atoms with Crippen molar-refractivity contribution in [3.8, 4) is 11.5 Å². The minimum absolute atomic E-state index is 0.0734. The van der Waals surface area contributed by atoms with E-state index in [-0.39, 0.29) is 47.7 Å². The van der Waals surface area contributed by atoms with E-state index >= 15 is 0 Å². The summed E-state index contributed by atoms with van der Waals surface area (Å²) in [5, 5.41) is 14.6. The summed E-state index contributed by atoms with van der Waals surface area (Å²) in [5.41, 5.74) is 0.451. The van der Waals surface area contributed by atoms with Crippen LogP contribution in [0.15, 0.2) is 47.4 Å². The zero-order valence-electron chi connectivity index (χ0n) is 24.7. The van der Waals surface area contributed by atoms with Gasteiger partial charge in [0.25, 0.3) is 0 Å². The maximum absolute atomic E-state index is 14.3. The largest absolute Gasteiger partial charge is 0.573 e. The Morgan fingerprint density at radius 1 is 1.00 bits per heavy atom. The van der Waals surface area contributed by atoms with Gasteiger partial charge in [-0.2, -0.15) is 9.29 Å². The van der Waals surface area contributed by atoms with Gasteiger partial charge in [-0.3, -0.25) is 5.32 Å². The molecule has 2 atom stereocenters. The third kappa shape index (κ3) is 8.26. The Hall–Kier alpha value is -3.56. The van der Waals surface area contributed by atoms with Crippen LogP contribution < -0.4 is 19.7 Å². The van der Waals surface area contributed by atoms with Crippen LogP contribution in [0.5, 0.6) is 11.5 Å². The number of aliphatic hydroxyl groups is 1. The van der Waals surface area contributed by atoms with Crippen molar-refractivity contribution < 1.29 is 53.7 Å². The number of aliphatic hydroxyl groups excluding tert-OH is 1. The topological polar surface area (TPSA) is 130 Å². The summed E-state index contributed by atoms with van der Waals surface area (Å²) in [4.78, 5) is 14.8. The molecule has 1 saturated heterocycles. The van der Waals surface area contributed by atoms with Crippen LogP contribution in [0.2, 0.25) is 5.15 Å². The maximum Gasteiger partial charge on any atom is 0.573 e. The first kappa shape index (κ1) is 35.3. The molecule has 2 fully saturated rings. The lowest BCUT2D eigenvalue weighted by atomic mass is 10.1. The summed E-state index contributed by atoms with van der Waals surface area (Å²) >= 11 is 7.58. The molecule has 3 heterocycles. The molecule has 2 aliphatic rings. The number of alkyl halides is 6. The Labute approximate surface area is 282 Å². The van der Waals surface area contributed by atoms with Crippen LogP contribution in [-0.2, 0) is 16.6 Å². The molecule has 2 aromatic carbocycles. The highest BCUT2D eigenvalue weighted by Crippen LogP contribution is 2.41. The third-order valence-corrected chi connectivity index (χ3v) is 11.0. The third-order valence-electron chi connectivity index (χ3n) is 7.56. The van der Waals surface area contributed by atoms with E-state index in [1.807, 2.05) is 0 Å². The molecule has 21 heteroatoms. The fourth-order valence-electron chi connectivity index (χ4n) is 5.15. The van der Waals surface area contributed by atoms with Gasteiger partial charge >= 0.3 is 12.7 Å². The summed E-state index contributed by atoms with van der Waals surface area (Å²) < 4.78 is 126. The van der Waals surface area contributed by atoms with Gasteiger partial charge in [0.1, 0.15) is 22.5 Å². The predicted octanol–water partition coefficient (Wildman–Crippen LogP) is 5.54. The molecule has 1 saturated carbocycles. The molecule has 0 spiro atoms. The van der Waals surface area contributed by atoms with E-state index in [1.165, 1.54) is 0 Å². The van der Waals surface area contributed by atoms with Crippen molar-refractivity contribution in [2.45, 2.75) is 55.2 Å². The second kappa shape index (κ2) is 13.3. The smallest absolute Gasteiger partial charge is 0.406 e. The number of rotatable bonds is 10. The normalized spacial score (nSPS) is 18.6. The number of anilines is 1. The van der Waals surface area contributed by atoms with E-state index in [4.69, 9.17) is 11.6 Å². The van der Waals surface area contributed by atoms with Gasteiger partial charge in [-0.1, -0.05) is 29.0 Å². The van der Waals surface area contributed by atoms with Crippen molar-refractivity contribution in [2.75, 3.05) is 24.5 Å². The van der Waals surface area contributed by atoms with Crippen LogP contribution in [0.25, 0.3) is 10.3 Å². The Morgan fingerprint density at radius 2 is 1.69 bits per heavy atom. The van der Waals surface area contributed by atoms with Crippen molar-refractivity contribution in [2.24, 2.45) is 0 Å². The summed E-state index contributed by atoms with van der Waals surface area (Å²) in [6, 6.07) is 4.90. The molecule has 6 rings (SSSR count). The fourth-order valence-corrected chi connectivity index (χ4v) is 7.97. The first-order chi connectivity index (χ1) is 23.0. The second-order valence-corrected chi connectivity index (χ2v) is 14.3. The molecule has 2 aromatic heterocycles. The van der Waals surface area contributed by atoms with Gasteiger partial charge in [0.2, 0.25) is 10.0 Å². The monoisotopic (exact) mass is 756 g/mol. The quantitative estimate of drug-likeness (QED) is 0.121. The minimum atomic E-state index is -5.12. The molecule has 1 aliphatic carbocycles. The molecule has 1 unspecified atom stereocenters. The van der Waals surface area contributed by atoms with Crippen LogP contribution in [-0.4, -0.2) is 77.4 Å². The van der Waals surface area contributed by atoms with Gasteiger partial charge in [0, 0.05) is 32.1 Å². The summed E-state index contributed by atoms with van der Waals surface area (Å²) in [6.07, 6.45) is -9.91. The Morgan fingerprint density at radius 3 is 2.33 bits per heavy atom. The molecular weight excluding hydrogens is 733 g/mol. The molecule has 2 N–H and O–H groups in total. The van der Waals surface area contributed by atoms with Crippen molar-refractivity contribution in [1.82, 2.24) is 24.6 Å². The van der Waals surface area contributed by atoms with Gasteiger partial charge in [-0.15, -0.1) is 26.3 Å². The highest BCUT2D eigenvalue weighted by atomic mass is 35.5. The van der Waals surface area contributed by atoms with Gasteiger partial charge in [0.15, 0.2) is 27.5 Å². The first-order valence-electron chi connectivity index (χ1n) is 14.4. The molecule has 264 valence electrons. The minimum Gasteiger partial charge on any atom is -0.406 e. The molecule has 49 heavy (non-hydrogen) atoms. The van der Waals surface area contributed by atoms with Crippen LogP contribution in [0.3, 0.4) is 0 Å². The Bertz CT molecular complexity index is 1940. The number of halogens is 8. The zero-order chi connectivity index (χ0) is 35.3. The van der Waals surface area contributed by atoms with E-state index < -0.39 is 52.3 Å². The highest BCUT2D eigenvalue weighted by Gasteiger charge is 2.41. The molecule has 4 aromatic rings. The summed E-state index contributed by atoms with van der Waals surface area (Å²) in [5.74, 6) is -2.25. The average Bonchev–Trinajstić information content (AvgIpc) is 3.78. The lowest BCUT2D eigenvalue weighted by Crippen LogP contribution is -2.62. The average molecular weight is 757 g/mol. The van der Waals surface area contributed by atoms with Gasteiger partial charge in [0.05, 0.1) is 10.9 Å². The van der Waals surface area contributed by atoms with Gasteiger partial charge in [-0.05, 0) is 54.8 Å². The number of nitrogens with zero attached hydrogens (tertiary/aromatic N) is 5. The van der Waals surface area contributed by atoms with Gasteiger partial charge < -0.3 is 19.5 Å². The lowest BCUT2D eigenvalue weighted by Gasteiger charge is -2.42. The van der Waals surface area contributed by atoms with Crippen LogP contribution in [0.4, 0.5) is 35.9 Å². The van der Waals surface area contributed by atoms with Crippen molar-refractivity contribution in [3.05, 3.63) is 64.8 Å². The van der Waals surface area contributed by atoms with Gasteiger partial charge in [-0.25, -0.2) is 22.8 Å². The number of fused-ring (bicyclic) bond motifs is 1. The number of ether oxygens (including phenoxy) is 2. The number of benzene rings is 2. The van der Waals surface area contributed by atoms with E-state index in [1.54, 1.807) is 4.90 Å². The summed E-state index contributed by atoms with van der Waals surface area (Å²) in [7, 11) is -4.45. The fraction of sp³-hybridized carbons (Fsp3) is 0.393. The number of piperazine rings is 1. The number of hydrogen-bond acceptors (Lipinski definition) is 11. The second-order valence-electron chi connectivity index (χ2n) is 11.1. The predicted molar refractivity (Wildman–Crippen MR) is 161 cm³/mol. The number of thiazole rings is 1. The standard InChI is InChI=1S/C28H24ClF7N6O5S2/c29-22-21-24(39-23(38-22)15-2-3-15)40-26(48-21)41-9-10-42(49(44,45)17-6-4-16(5-7-17)46-27(31,32)33)19(13-41)25(43)37-12-14-1-8-20(18(30)11-14)47-28(34,35)36/h1,4-8,11,15,19,25,37,43H,2-3,9-10,12-13H2/t19-,25?/m1/s1. The van der Waals surface area contributed by atoms with Crippen LogP contribution in [0, 0.1) is 5.82 Å². The zero-order valence-corrected chi connectivity index (χ0v) is 27.1. The number of nitrogens with one attached hydrogen (secondary N) is 1. The van der Waals surface area contributed by atoms with E-state index in [2.05, 4.69) is 29.7 Å². The SMILES string of the molecule is O=S(=O)(c1ccc(OC(F)(F)F)cc1)N1CCN(c2nc3nc(C4CC4)nc(Cl)c3s2)C[C@@H]1C(O)NCc1ccc(OC(F)(F)F)c(F)c1. The maximum atomic E-state index is 14.3. The van der Waals surface area contributed by atoms with Crippen LogP contribution >= 0.6 is 22.9 Å². The Balaban J connectivity index is 1.26. The Kier molecular flexibility index (Phi) is 9.57. The number of sulfonamides is 1. The first-order valence-corrected chi connectivity index (χ1v) is 17.0.